The van der Waals surface area contributed by atoms with E-state index in [1.54, 1.807) is 12.1 Å². The molecular weight excluding hydrogens is 376 g/mol. The number of hydrogen-bond acceptors (Lipinski definition) is 6. The van der Waals surface area contributed by atoms with Crippen molar-refractivity contribution < 1.29 is 23.9 Å². The van der Waals surface area contributed by atoms with Crippen LogP contribution in [0.15, 0.2) is 18.2 Å². The molecule has 4 amide bonds. The van der Waals surface area contributed by atoms with Crippen LogP contribution in [0.25, 0.3) is 0 Å². The van der Waals surface area contributed by atoms with Gasteiger partial charge in [-0.25, -0.2) is 4.79 Å². The Morgan fingerprint density at radius 1 is 1.21 bits per heavy atom. The zero-order valence-corrected chi connectivity index (χ0v) is 16.5. The molecule has 0 saturated carbocycles. The molecule has 9 nitrogen and oxygen atoms in total. The maximum Gasteiger partial charge on any atom is 0.325 e. The molecule has 0 radical (unpaired) electrons. The molecule has 156 valence electrons. The van der Waals surface area contributed by atoms with Gasteiger partial charge in [0.15, 0.2) is 11.5 Å². The first kappa shape index (κ1) is 19.5. The molecule has 0 unspecified atom stereocenters. The fraction of sp³-hybridized carbons (Fsp3) is 0.550. The SMILES string of the molecule is CCCN1CCC2(CC1)NC(=O)N(CC(=O)NCc1ccc3c(c1)OCO3)C2=O. The Hall–Kier alpha value is -2.81. The topological polar surface area (TPSA) is 100 Å². The van der Waals surface area contributed by atoms with E-state index in [2.05, 4.69) is 22.5 Å². The normalized spacial score (nSPS) is 20.2. The Bertz CT molecular complexity index is 819. The van der Waals surface area contributed by atoms with Crippen molar-refractivity contribution >= 4 is 17.8 Å². The van der Waals surface area contributed by atoms with E-state index < -0.39 is 11.6 Å². The van der Waals surface area contributed by atoms with Crippen molar-refractivity contribution in [3.63, 3.8) is 0 Å². The maximum absolute atomic E-state index is 12.9. The number of rotatable bonds is 6. The molecule has 3 aliphatic rings. The number of likely N-dealkylation sites (tertiary alicyclic amines) is 1. The fourth-order valence-corrected chi connectivity index (χ4v) is 4.08. The predicted molar refractivity (Wildman–Crippen MR) is 103 cm³/mol. The number of fused-ring (bicyclic) bond motifs is 1. The molecule has 4 rings (SSSR count). The van der Waals surface area contributed by atoms with Crippen LogP contribution in [0.5, 0.6) is 11.5 Å². The summed E-state index contributed by atoms with van der Waals surface area (Å²) >= 11 is 0. The average molecular weight is 402 g/mol. The smallest absolute Gasteiger partial charge is 0.325 e. The second-order valence-corrected chi connectivity index (χ2v) is 7.71. The van der Waals surface area contributed by atoms with Crippen molar-refractivity contribution in [2.24, 2.45) is 0 Å². The second-order valence-electron chi connectivity index (χ2n) is 7.71. The first-order chi connectivity index (χ1) is 14.0. The molecule has 2 fully saturated rings. The van der Waals surface area contributed by atoms with Gasteiger partial charge in [0.25, 0.3) is 5.91 Å². The molecule has 29 heavy (non-hydrogen) atoms. The summed E-state index contributed by atoms with van der Waals surface area (Å²) in [6, 6.07) is 4.93. The van der Waals surface area contributed by atoms with Crippen LogP contribution in [0.4, 0.5) is 4.79 Å². The zero-order chi connectivity index (χ0) is 20.4. The van der Waals surface area contributed by atoms with E-state index >= 15 is 0 Å². The summed E-state index contributed by atoms with van der Waals surface area (Å²) in [5, 5.41) is 5.60. The Balaban J connectivity index is 1.31. The number of benzene rings is 1. The van der Waals surface area contributed by atoms with Gasteiger partial charge >= 0.3 is 6.03 Å². The van der Waals surface area contributed by atoms with E-state index in [1.807, 2.05) is 6.07 Å². The van der Waals surface area contributed by atoms with Crippen LogP contribution in [0.3, 0.4) is 0 Å². The lowest BCUT2D eigenvalue weighted by Crippen LogP contribution is -2.55. The van der Waals surface area contributed by atoms with E-state index in [0.29, 0.717) is 24.3 Å². The molecule has 1 aromatic rings. The average Bonchev–Trinajstić information content (AvgIpc) is 3.27. The molecule has 2 saturated heterocycles. The van der Waals surface area contributed by atoms with Crippen molar-refractivity contribution in [2.45, 2.75) is 38.3 Å². The van der Waals surface area contributed by atoms with Crippen molar-refractivity contribution in [3.8, 4) is 11.5 Å². The minimum absolute atomic E-state index is 0.190. The highest BCUT2D eigenvalue weighted by molar-refractivity contribution is 6.09. The number of imide groups is 1. The van der Waals surface area contributed by atoms with Crippen LogP contribution in [0, 0.1) is 0 Å². The van der Waals surface area contributed by atoms with Crippen molar-refractivity contribution in [2.75, 3.05) is 33.0 Å². The van der Waals surface area contributed by atoms with Gasteiger partial charge in [-0.2, -0.15) is 0 Å². The van der Waals surface area contributed by atoms with Gasteiger partial charge < -0.3 is 25.0 Å². The number of carbonyl (C=O) groups is 3. The minimum Gasteiger partial charge on any atom is -0.454 e. The maximum atomic E-state index is 12.9. The van der Waals surface area contributed by atoms with E-state index in [0.717, 1.165) is 36.5 Å². The standard InChI is InChI=1S/C20H26N4O5/c1-2-7-23-8-5-20(6-9-23)18(26)24(19(27)22-20)12-17(25)21-11-14-3-4-15-16(10-14)29-13-28-15/h3-4,10H,2,5-9,11-13H2,1H3,(H,21,25)(H,22,27). The van der Waals surface area contributed by atoms with Gasteiger partial charge in [0.05, 0.1) is 0 Å². The summed E-state index contributed by atoms with van der Waals surface area (Å²) < 4.78 is 10.6. The third kappa shape index (κ3) is 3.87. The van der Waals surface area contributed by atoms with Crippen molar-refractivity contribution in [1.82, 2.24) is 20.4 Å². The third-order valence-corrected chi connectivity index (χ3v) is 5.72. The van der Waals surface area contributed by atoms with Crippen molar-refractivity contribution in [3.05, 3.63) is 23.8 Å². The minimum atomic E-state index is -0.862. The molecule has 9 heteroatoms. The highest BCUT2D eigenvalue weighted by atomic mass is 16.7. The molecule has 0 bridgehead atoms. The summed E-state index contributed by atoms with van der Waals surface area (Å²) in [5.41, 5.74) is -0.0154. The van der Waals surface area contributed by atoms with Gasteiger partial charge in [0, 0.05) is 19.6 Å². The summed E-state index contributed by atoms with van der Waals surface area (Å²) in [4.78, 5) is 41.0. The second kappa shape index (κ2) is 7.90. The number of hydrogen-bond donors (Lipinski definition) is 2. The van der Waals surface area contributed by atoms with E-state index in [4.69, 9.17) is 9.47 Å². The quantitative estimate of drug-likeness (QED) is 0.684. The molecule has 3 heterocycles. The van der Waals surface area contributed by atoms with E-state index in [-0.39, 0.29) is 31.7 Å². The number of nitrogens with zero attached hydrogens (tertiary/aromatic N) is 2. The highest BCUT2D eigenvalue weighted by Crippen LogP contribution is 2.32. The number of urea groups is 1. The van der Waals surface area contributed by atoms with Gasteiger partial charge in [0.2, 0.25) is 12.7 Å². The van der Waals surface area contributed by atoms with Crippen molar-refractivity contribution in [1.29, 1.82) is 0 Å². The molecular formula is C20H26N4O5. The third-order valence-electron chi connectivity index (χ3n) is 5.72. The van der Waals surface area contributed by atoms with Gasteiger partial charge in [-0.05, 0) is 43.5 Å². The Morgan fingerprint density at radius 2 is 1.97 bits per heavy atom. The van der Waals surface area contributed by atoms with E-state index in [1.165, 1.54) is 0 Å². The number of ether oxygens (including phenoxy) is 2. The fourth-order valence-electron chi connectivity index (χ4n) is 4.08. The molecule has 3 aliphatic heterocycles. The molecule has 0 atom stereocenters. The lowest BCUT2D eigenvalue weighted by molar-refractivity contribution is -0.136. The van der Waals surface area contributed by atoms with Crippen LogP contribution >= 0.6 is 0 Å². The van der Waals surface area contributed by atoms with Crippen LogP contribution in [0.2, 0.25) is 0 Å². The molecule has 1 spiro atoms. The first-order valence-electron chi connectivity index (χ1n) is 10.0. The van der Waals surface area contributed by atoms with Crippen LogP contribution in [-0.2, 0) is 16.1 Å². The van der Waals surface area contributed by atoms with Gasteiger partial charge in [-0.15, -0.1) is 0 Å². The van der Waals surface area contributed by atoms with Gasteiger partial charge in [-0.1, -0.05) is 13.0 Å². The number of nitrogens with one attached hydrogen (secondary N) is 2. The number of carbonyl (C=O) groups excluding carboxylic acids is 3. The molecule has 1 aromatic carbocycles. The summed E-state index contributed by atoms with van der Waals surface area (Å²) in [5.74, 6) is 0.639. The Labute approximate surface area is 169 Å². The predicted octanol–water partition coefficient (Wildman–Crippen LogP) is 0.828. The lowest BCUT2D eigenvalue weighted by atomic mass is 9.87. The number of amides is 4. The summed E-state index contributed by atoms with van der Waals surface area (Å²) in [6.07, 6.45) is 2.21. The Morgan fingerprint density at radius 3 is 2.72 bits per heavy atom. The van der Waals surface area contributed by atoms with Crippen LogP contribution in [0.1, 0.15) is 31.7 Å². The van der Waals surface area contributed by atoms with Gasteiger partial charge in [-0.3, -0.25) is 14.5 Å². The summed E-state index contributed by atoms with van der Waals surface area (Å²) in [6.45, 7) is 4.83. The van der Waals surface area contributed by atoms with Crippen LogP contribution < -0.4 is 20.1 Å². The molecule has 0 aliphatic carbocycles. The zero-order valence-electron chi connectivity index (χ0n) is 16.5. The Kier molecular flexibility index (Phi) is 5.31. The monoisotopic (exact) mass is 402 g/mol. The van der Waals surface area contributed by atoms with Gasteiger partial charge in [0.1, 0.15) is 12.1 Å². The largest absolute Gasteiger partial charge is 0.454 e. The first-order valence-corrected chi connectivity index (χ1v) is 10.0. The molecule has 0 aromatic heterocycles. The summed E-state index contributed by atoms with van der Waals surface area (Å²) in [7, 11) is 0. The highest BCUT2D eigenvalue weighted by Gasteiger charge is 2.52. The lowest BCUT2D eigenvalue weighted by Gasteiger charge is -2.37. The van der Waals surface area contributed by atoms with Crippen LogP contribution in [-0.4, -0.2) is 66.2 Å². The molecule has 2 N–H and O–H groups in total. The number of piperidine rings is 1. The van der Waals surface area contributed by atoms with E-state index in [9.17, 15) is 14.4 Å².